The van der Waals surface area contributed by atoms with Crippen LogP contribution in [0.15, 0.2) is 52.7 Å². The fraction of sp³-hybridized carbons (Fsp3) is 0.118. The summed E-state index contributed by atoms with van der Waals surface area (Å²) in [5, 5.41) is 18.6. The summed E-state index contributed by atoms with van der Waals surface area (Å²) in [6.07, 6.45) is 0. The van der Waals surface area contributed by atoms with E-state index in [0.717, 1.165) is 11.1 Å². The Labute approximate surface area is 142 Å². The van der Waals surface area contributed by atoms with Crippen molar-refractivity contribution in [1.29, 1.82) is 0 Å². The molecule has 0 radical (unpaired) electrons. The molecule has 24 heavy (non-hydrogen) atoms. The van der Waals surface area contributed by atoms with Crippen molar-refractivity contribution in [2.24, 2.45) is 10.2 Å². The van der Waals surface area contributed by atoms with Gasteiger partial charge in [-0.25, -0.2) is 0 Å². The molecule has 7 heteroatoms. The maximum Gasteiger partial charge on any atom is 0.302 e. The van der Waals surface area contributed by atoms with Crippen LogP contribution in [0.1, 0.15) is 5.56 Å². The van der Waals surface area contributed by atoms with Gasteiger partial charge in [0.2, 0.25) is 5.88 Å². The molecule has 122 valence electrons. The molecule has 1 heterocycles. The van der Waals surface area contributed by atoms with Crippen molar-refractivity contribution in [1.82, 2.24) is 4.98 Å². The van der Waals surface area contributed by atoms with Gasteiger partial charge in [0.15, 0.2) is 12.3 Å². The van der Waals surface area contributed by atoms with Gasteiger partial charge in [0.1, 0.15) is 5.75 Å². The lowest BCUT2D eigenvalue weighted by molar-refractivity contribution is -0.120. The Morgan fingerprint density at radius 1 is 1.29 bits per heavy atom. The molecule has 0 atom stereocenters. The minimum atomic E-state index is -0.573. The zero-order valence-corrected chi connectivity index (χ0v) is 13.5. The normalized spacial score (nSPS) is 11.2. The maximum absolute atomic E-state index is 11.8. The van der Waals surface area contributed by atoms with Gasteiger partial charge in [0, 0.05) is 10.4 Å². The van der Waals surface area contributed by atoms with Gasteiger partial charge in [0.05, 0.1) is 5.52 Å². The average Bonchev–Trinajstić information content (AvgIpc) is 2.86. The molecule has 0 unspecified atom stereocenters. The third-order valence-electron chi connectivity index (χ3n) is 3.33. The minimum Gasteiger partial charge on any atom is -0.493 e. The Kier molecular flexibility index (Phi) is 4.48. The second-order valence-corrected chi connectivity index (χ2v) is 5.65. The van der Waals surface area contributed by atoms with Crippen molar-refractivity contribution < 1.29 is 14.6 Å². The molecule has 0 saturated heterocycles. The second-order valence-electron chi connectivity index (χ2n) is 5.21. The summed E-state index contributed by atoms with van der Waals surface area (Å²) in [4.78, 5) is 14.6. The molecule has 0 aliphatic carbocycles. The van der Waals surface area contributed by atoms with Crippen LogP contribution in [-0.2, 0) is 4.79 Å². The number of H-pyrrole nitrogens is 1. The highest BCUT2D eigenvalue weighted by Crippen LogP contribution is 2.35. The molecule has 6 nitrogen and oxygen atoms in total. The number of hydrogen-bond acceptors (Lipinski definition) is 4. The Morgan fingerprint density at radius 3 is 2.92 bits per heavy atom. The zero-order chi connectivity index (χ0) is 17.1. The summed E-state index contributed by atoms with van der Waals surface area (Å²) in [7, 11) is 0. The predicted molar refractivity (Wildman–Crippen MR) is 91.2 cm³/mol. The Balaban J connectivity index is 1.72. The number of aromatic hydroxyl groups is 1. The Morgan fingerprint density at radius 2 is 2.12 bits per heavy atom. The van der Waals surface area contributed by atoms with Crippen LogP contribution < -0.4 is 4.74 Å². The molecule has 3 rings (SSSR count). The lowest BCUT2D eigenvalue weighted by Crippen LogP contribution is -2.07. The van der Waals surface area contributed by atoms with Gasteiger partial charge >= 0.3 is 5.91 Å². The van der Waals surface area contributed by atoms with E-state index in [2.05, 4.69) is 15.2 Å². The number of aromatic amines is 1. The first-order valence-corrected chi connectivity index (χ1v) is 7.55. The summed E-state index contributed by atoms with van der Waals surface area (Å²) in [6.45, 7) is 1.65. The molecule has 0 saturated carbocycles. The molecule has 3 aromatic rings. The van der Waals surface area contributed by atoms with Crippen molar-refractivity contribution in [2.45, 2.75) is 6.92 Å². The number of carbonyl (C=O) groups excluding carboxylic acids is 1. The highest BCUT2D eigenvalue weighted by atomic mass is 35.5. The molecule has 2 aromatic carbocycles. The van der Waals surface area contributed by atoms with E-state index in [1.165, 1.54) is 0 Å². The molecule has 1 aromatic heterocycles. The van der Waals surface area contributed by atoms with Crippen LogP contribution in [0.4, 0.5) is 5.69 Å². The first kappa shape index (κ1) is 16.0. The molecule has 1 amide bonds. The van der Waals surface area contributed by atoms with Crippen LogP contribution in [0.3, 0.4) is 0 Å². The van der Waals surface area contributed by atoms with E-state index in [4.69, 9.17) is 16.3 Å². The number of aromatic nitrogens is 1. The number of carbonyl (C=O) groups is 1. The topological polar surface area (TPSA) is 87.0 Å². The van der Waals surface area contributed by atoms with Gasteiger partial charge in [-0.2, -0.15) is 0 Å². The fourth-order valence-corrected chi connectivity index (χ4v) is 2.40. The van der Waals surface area contributed by atoms with Gasteiger partial charge in [-0.1, -0.05) is 29.3 Å². The number of hydrogen-bond donors (Lipinski definition) is 2. The summed E-state index contributed by atoms with van der Waals surface area (Å²) in [5.74, 6) is -0.240. The maximum atomic E-state index is 11.8. The number of nitrogens with one attached hydrogen (secondary N) is 1. The van der Waals surface area contributed by atoms with Crippen molar-refractivity contribution in [3.8, 4) is 11.6 Å². The predicted octanol–water partition coefficient (Wildman–Crippen LogP) is 4.52. The van der Waals surface area contributed by atoms with Gasteiger partial charge in [0.25, 0.3) is 0 Å². The fourth-order valence-electron chi connectivity index (χ4n) is 2.22. The molecule has 0 bridgehead atoms. The molecule has 0 aliphatic heterocycles. The Hall–Kier alpha value is -2.86. The lowest BCUT2D eigenvalue weighted by Gasteiger charge is -2.02. The van der Waals surface area contributed by atoms with Crippen molar-refractivity contribution in [3.05, 3.63) is 53.1 Å². The Bertz CT molecular complexity index is 934. The third-order valence-corrected chi connectivity index (χ3v) is 3.56. The highest BCUT2D eigenvalue weighted by Gasteiger charge is 2.11. The van der Waals surface area contributed by atoms with Crippen LogP contribution in [0, 0.1) is 6.92 Å². The molecule has 2 N–H and O–H groups in total. The second kappa shape index (κ2) is 6.72. The number of benzene rings is 2. The number of rotatable bonds is 4. The first-order valence-electron chi connectivity index (χ1n) is 7.17. The van der Waals surface area contributed by atoms with Crippen molar-refractivity contribution >= 4 is 34.1 Å². The van der Waals surface area contributed by atoms with E-state index < -0.39 is 5.91 Å². The van der Waals surface area contributed by atoms with E-state index in [9.17, 15) is 9.90 Å². The quantitative estimate of drug-likeness (QED) is 0.682. The van der Waals surface area contributed by atoms with Gasteiger partial charge < -0.3 is 14.8 Å². The largest absolute Gasteiger partial charge is 0.493 e. The van der Waals surface area contributed by atoms with Gasteiger partial charge in [-0.15, -0.1) is 10.2 Å². The molecule has 0 spiro atoms. The summed E-state index contributed by atoms with van der Waals surface area (Å²) in [6, 6.07) is 12.3. The number of aryl methyl sites for hydroxylation is 1. The molecule has 0 fully saturated rings. The summed E-state index contributed by atoms with van der Waals surface area (Å²) >= 11 is 5.84. The monoisotopic (exact) mass is 343 g/mol. The summed E-state index contributed by atoms with van der Waals surface area (Å²) < 4.78 is 5.30. The van der Waals surface area contributed by atoms with E-state index in [0.29, 0.717) is 16.2 Å². The molecular formula is C17H14ClN3O3. The number of fused-ring (bicyclic) bond motifs is 1. The van der Waals surface area contributed by atoms with Crippen LogP contribution in [0.2, 0.25) is 5.02 Å². The standard InChI is InChI=1S/C17H14ClN3O3/c1-10-5-6-14-13(7-10)16(17(23)19-14)21-20-15(22)9-24-12-4-2-3-11(18)8-12/h2-8,19,23H,9H2,1H3. The van der Waals surface area contributed by atoms with Crippen LogP contribution in [0.25, 0.3) is 10.9 Å². The number of nitrogens with zero attached hydrogens (tertiary/aromatic N) is 2. The van der Waals surface area contributed by atoms with Crippen molar-refractivity contribution in [3.63, 3.8) is 0 Å². The molecule has 0 aliphatic rings. The van der Waals surface area contributed by atoms with E-state index in [1.807, 2.05) is 25.1 Å². The van der Waals surface area contributed by atoms with Crippen LogP contribution >= 0.6 is 11.6 Å². The zero-order valence-electron chi connectivity index (χ0n) is 12.8. The number of ether oxygens (including phenoxy) is 1. The molecular weight excluding hydrogens is 330 g/mol. The average molecular weight is 344 g/mol. The van der Waals surface area contributed by atoms with Crippen molar-refractivity contribution in [2.75, 3.05) is 6.61 Å². The van der Waals surface area contributed by atoms with E-state index in [1.54, 1.807) is 24.3 Å². The highest BCUT2D eigenvalue weighted by molar-refractivity contribution is 6.30. The smallest absolute Gasteiger partial charge is 0.302 e. The van der Waals surface area contributed by atoms with Gasteiger partial charge in [-0.3, -0.25) is 4.79 Å². The summed E-state index contributed by atoms with van der Waals surface area (Å²) in [5.41, 5.74) is 1.95. The van der Waals surface area contributed by atoms with Gasteiger partial charge in [-0.05, 0) is 37.3 Å². The SMILES string of the molecule is Cc1ccc2[nH]c(O)c(N=NC(=O)COc3cccc(Cl)c3)c2c1. The lowest BCUT2D eigenvalue weighted by atomic mass is 10.2. The third kappa shape index (κ3) is 3.55. The van der Waals surface area contributed by atoms with E-state index >= 15 is 0 Å². The van der Waals surface area contributed by atoms with Crippen LogP contribution in [-0.4, -0.2) is 22.6 Å². The van der Waals surface area contributed by atoms with E-state index in [-0.39, 0.29) is 18.2 Å². The van der Waals surface area contributed by atoms with Crippen LogP contribution in [0.5, 0.6) is 11.6 Å². The number of amides is 1. The number of halogens is 1. The minimum absolute atomic E-state index is 0.136. The first-order chi connectivity index (χ1) is 11.5. The number of azo groups is 1.